The Morgan fingerprint density at radius 3 is 2.69 bits per heavy atom. The number of nitrogens with one attached hydrogen (secondary N) is 1. The zero-order valence-electron chi connectivity index (χ0n) is 18.8. The first-order valence-electron chi connectivity index (χ1n) is 10.7. The highest BCUT2D eigenvalue weighted by Gasteiger charge is 2.27. The third-order valence-electron chi connectivity index (χ3n) is 5.68. The van der Waals surface area contributed by atoms with Crippen molar-refractivity contribution in [1.82, 2.24) is 24.5 Å². The second-order valence-corrected chi connectivity index (χ2v) is 8.67. The minimum atomic E-state index is -2.63. The Balaban J connectivity index is 1.70. The van der Waals surface area contributed by atoms with E-state index in [4.69, 9.17) is 5.10 Å². The molecular weight excluding hydrogens is 414 g/mol. The van der Waals surface area contributed by atoms with Gasteiger partial charge in [-0.15, -0.1) is 0 Å². The van der Waals surface area contributed by atoms with Crippen molar-refractivity contribution in [2.45, 2.75) is 46.7 Å². The third kappa shape index (κ3) is 4.37. The quantitative estimate of drug-likeness (QED) is 0.609. The fraction of sp³-hybridized carbons (Fsp3) is 0.435. The summed E-state index contributed by atoms with van der Waals surface area (Å²) >= 11 is 0. The molecule has 1 aliphatic heterocycles. The number of nitrogens with zero attached hydrogens (tertiary/aromatic N) is 5. The molecule has 0 radical (unpaired) electrons. The largest absolute Gasteiger partial charge is 0.338 e. The molecule has 1 N–H and O–H groups in total. The molecule has 1 aliphatic rings. The molecule has 170 valence electrons. The van der Waals surface area contributed by atoms with Gasteiger partial charge in [-0.2, -0.15) is 10.2 Å². The SMILES string of the molecule is CC(=O)N1CCc2c(c(Nc3ccc(-c4cnn(C)c4)c(C(F)F)c3)nn2CC(C)C)C1. The van der Waals surface area contributed by atoms with Gasteiger partial charge in [-0.25, -0.2) is 8.78 Å². The van der Waals surface area contributed by atoms with Gasteiger partial charge in [0.1, 0.15) is 0 Å². The van der Waals surface area contributed by atoms with Crippen LogP contribution in [0.15, 0.2) is 30.6 Å². The lowest BCUT2D eigenvalue weighted by Gasteiger charge is -2.27. The highest BCUT2D eigenvalue weighted by molar-refractivity contribution is 5.75. The highest BCUT2D eigenvalue weighted by Crippen LogP contribution is 2.35. The average Bonchev–Trinajstić information content (AvgIpc) is 3.31. The molecular formula is C23H28F2N6O. The number of anilines is 2. The molecule has 3 aromatic rings. The van der Waals surface area contributed by atoms with Crippen molar-refractivity contribution in [2.75, 3.05) is 11.9 Å². The average molecular weight is 443 g/mol. The van der Waals surface area contributed by atoms with Crippen LogP contribution >= 0.6 is 0 Å². The summed E-state index contributed by atoms with van der Waals surface area (Å²) in [5.41, 5.74) is 3.61. The summed E-state index contributed by atoms with van der Waals surface area (Å²) < 4.78 is 31.3. The number of rotatable bonds is 6. The normalized spacial score (nSPS) is 13.7. The molecule has 3 heterocycles. The van der Waals surface area contributed by atoms with Crippen molar-refractivity contribution >= 4 is 17.4 Å². The number of aryl methyl sites for hydroxylation is 1. The van der Waals surface area contributed by atoms with E-state index in [-0.39, 0.29) is 11.5 Å². The summed E-state index contributed by atoms with van der Waals surface area (Å²) in [6.45, 7) is 7.67. The van der Waals surface area contributed by atoms with E-state index >= 15 is 0 Å². The summed E-state index contributed by atoms with van der Waals surface area (Å²) in [6.07, 6.45) is 1.38. The van der Waals surface area contributed by atoms with E-state index in [0.29, 0.717) is 41.6 Å². The topological polar surface area (TPSA) is 68.0 Å². The lowest BCUT2D eigenvalue weighted by atomic mass is 10.0. The van der Waals surface area contributed by atoms with Gasteiger partial charge in [0.05, 0.1) is 12.7 Å². The van der Waals surface area contributed by atoms with Gasteiger partial charge < -0.3 is 10.2 Å². The molecule has 0 spiro atoms. The number of hydrogen-bond acceptors (Lipinski definition) is 4. The molecule has 0 fully saturated rings. The number of hydrogen-bond donors (Lipinski definition) is 1. The highest BCUT2D eigenvalue weighted by atomic mass is 19.3. The molecule has 7 nitrogen and oxygen atoms in total. The van der Waals surface area contributed by atoms with Crippen molar-refractivity contribution in [3.8, 4) is 11.1 Å². The molecule has 4 rings (SSSR count). The Morgan fingerprint density at radius 1 is 1.28 bits per heavy atom. The van der Waals surface area contributed by atoms with Crippen LogP contribution in [0.4, 0.5) is 20.3 Å². The number of benzene rings is 1. The Labute approximate surface area is 186 Å². The third-order valence-corrected chi connectivity index (χ3v) is 5.68. The van der Waals surface area contributed by atoms with Gasteiger partial charge in [0, 0.05) is 67.8 Å². The van der Waals surface area contributed by atoms with Crippen molar-refractivity contribution in [3.63, 3.8) is 0 Å². The van der Waals surface area contributed by atoms with E-state index in [1.807, 2.05) is 4.68 Å². The summed E-state index contributed by atoms with van der Waals surface area (Å²) in [5.74, 6) is 1.03. The van der Waals surface area contributed by atoms with Crippen molar-refractivity contribution < 1.29 is 13.6 Å². The number of carbonyl (C=O) groups excluding carboxylic acids is 1. The molecule has 2 aromatic heterocycles. The van der Waals surface area contributed by atoms with Gasteiger partial charge in [0.25, 0.3) is 6.43 Å². The van der Waals surface area contributed by atoms with Gasteiger partial charge in [0.15, 0.2) is 5.82 Å². The van der Waals surface area contributed by atoms with Crippen LogP contribution in [0.3, 0.4) is 0 Å². The van der Waals surface area contributed by atoms with E-state index < -0.39 is 6.43 Å². The lowest BCUT2D eigenvalue weighted by molar-refractivity contribution is -0.129. The predicted octanol–water partition coefficient (Wildman–Crippen LogP) is 4.53. The first-order chi connectivity index (χ1) is 15.2. The van der Waals surface area contributed by atoms with E-state index in [0.717, 1.165) is 24.2 Å². The van der Waals surface area contributed by atoms with Gasteiger partial charge in [-0.05, 0) is 23.6 Å². The summed E-state index contributed by atoms with van der Waals surface area (Å²) in [6, 6.07) is 4.92. The van der Waals surface area contributed by atoms with Crippen LogP contribution in [0.1, 0.15) is 44.0 Å². The fourth-order valence-electron chi connectivity index (χ4n) is 4.14. The van der Waals surface area contributed by atoms with Crippen molar-refractivity contribution in [1.29, 1.82) is 0 Å². The molecule has 0 bridgehead atoms. The van der Waals surface area contributed by atoms with Crippen LogP contribution in [-0.2, 0) is 31.4 Å². The molecule has 1 amide bonds. The molecule has 9 heteroatoms. The molecule has 0 saturated heterocycles. The van der Waals surface area contributed by atoms with E-state index in [1.165, 1.54) is 6.07 Å². The van der Waals surface area contributed by atoms with Crippen LogP contribution in [0, 0.1) is 5.92 Å². The maximum atomic E-state index is 13.9. The predicted molar refractivity (Wildman–Crippen MR) is 119 cm³/mol. The molecule has 0 aliphatic carbocycles. The minimum absolute atomic E-state index is 0.0130. The Kier molecular flexibility index (Phi) is 5.99. The molecule has 0 unspecified atom stereocenters. The molecule has 1 aromatic carbocycles. The molecule has 0 saturated carbocycles. The maximum Gasteiger partial charge on any atom is 0.264 e. The van der Waals surface area contributed by atoms with Crippen molar-refractivity contribution in [2.24, 2.45) is 13.0 Å². The van der Waals surface area contributed by atoms with Crippen LogP contribution in [-0.4, -0.2) is 36.9 Å². The second kappa shape index (κ2) is 8.72. The van der Waals surface area contributed by atoms with Crippen LogP contribution in [0.5, 0.6) is 0 Å². The van der Waals surface area contributed by atoms with Crippen LogP contribution in [0.2, 0.25) is 0 Å². The summed E-state index contributed by atoms with van der Waals surface area (Å²) in [7, 11) is 1.75. The van der Waals surface area contributed by atoms with Crippen LogP contribution in [0.25, 0.3) is 11.1 Å². The van der Waals surface area contributed by atoms with E-state index in [2.05, 4.69) is 24.3 Å². The Morgan fingerprint density at radius 2 is 2.06 bits per heavy atom. The fourth-order valence-corrected chi connectivity index (χ4v) is 4.14. The van der Waals surface area contributed by atoms with E-state index in [1.54, 1.807) is 48.1 Å². The first-order valence-corrected chi connectivity index (χ1v) is 10.7. The number of alkyl halides is 2. The first kappa shape index (κ1) is 22.0. The standard InChI is InChI=1S/C23H28F2N6O/c1-14(2)11-31-21-7-8-30(15(3)32)13-20(21)23(28-31)27-17-5-6-18(19(9-17)22(24)25)16-10-26-29(4)12-16/h5-6,9-10,12,14,22H,7-8,11,13H2,1-4H3,(H,27,28). The zero-order valence-corrected chi connectivity index (χ0v) is 18.8. The maximum absolute atomic E-state index is 13.9. The van der Waals surface area contributed by atoms with Gasteiger partial charge in [0.2, 0.25) is 5.91 Å². The number of carbonyl (C=O) groups is 1. The monoisotopic (exact) mass is 442 g/mol. The van der Waals surface area contributed by atoms with Gasteiger partial charge in [-0.1, -0.05) is 19.9 Å². The smallest absolute Gasteiger partial charge is 0.264 e. The van der Waals surface area contributed by atoms with Gasteiger partial charge >= 0.3 is 0 Å². The second-order valence-electron chi connectivity index (χ2n) is 8.67. The summed E-state index contributed by atoms with van der Waals surface area (Å²) in [4.78, 5) is 13.7. The van der Waals surface area contributed by atoms with Gasteiger partial charge in [-0.3, -0.25) is 14.2 Å². The number of fused-ring (bicyclic) bond motifs is 1. The van der Waals surface area contributed by atoms with Crippen LogP contribution < -0.4 is 5.32 Å². The number of aromatic nitrogens is 4. The number of halogens is 2. The molecule has 0 atom stereocenters. The lowest BCUT2D eigenvalue weighted by Crippen LogP contribution is -2.34. The minimum Gasteiger partial charge on any atom is -0.338 e. The Bertz CT molecular complexity index is 1130. The Hall–Kier alpha value is -3.23. The summed E-state index contributed by atoms with van der Waals surface area (Å²) in [5, 5.41) is 12.1. The molecule has 32 heavy (non-hydrogen) atoms. The van der Waals surface area contributed by atoms with E-state index in [9.17, 15) is 13.6 Å². The zero-order chi connectivity index (χ0) is 23.0. The number of amides is 1. The van der Waals surface area contributed by atoms with Crippen molar-refractivity contribution in [3.05, 3.63) is 47.4 Å².